The number of hydrogen-bond acceptors (Lipinski definition) is 5. The molecule has 0 saturated carbocycles. The predicted octanol–water partition coefficient (Wildman–Crippen LogP) is 3.16. The molecule has 0 unspecified atom stereocenters. The van der Waals surface area contributed by atoms with E-state index >= 15 is 0 Å². The first-order chi connectivity index (χ1) is 11.4. The predicted molar refractivity (Wildman–Crippen MR) is 101 cm³/mol. The second-order valence-corrected chi connectivity index (χ2v) is 7.03. The van der Waals surface area contributed by atoms with Gasteiger partial charge in [0.1, 0.15) is 5.00 Å². The van der Waals surface area contributed by atoms with E-state index in [9.17, 15) is 4.79 Å². The number of nitrogens with one attached hydrogen (secondary N) is 2. The fourth-order valence-electron chi connectivity index (χ4n) is 2.48. The van der Waals surface area contributed by atoms with Gasteiger partial charge in [-0.15, -0.1) is 11.3 Å². The number of ether oxygens (including phenoxy) is 1. The number of thiocarbonyl (C=S) groups is 1. The summed E-state index contributed by atoms with van der Waals surface area (Å²) in [5.41, 5.74) is 3.76. The maximum absolute atomic E-state index is 11.8. The number of carbonyl (C=O) groups excluding carboxylic acids is 1. The van der Waals surface area contributed by atoms with E-state index in [2.05, 4.69) is 29.6 Å². The van der Waals surface area contributed by atoms with Gasteiger partial charge in [0, 0.05) is 29.2 Å². The van der Waals surface area contributed by atoms with Crippen LogP contribution in [0.1, 0.15) is 39.1 Å². The Morgan fingerprint density at radius 1 is 1.42 bits per heavy atom. The Hall–Kier alpha value is -1.93. The number of methoxy groups -OCH3 is 1. The molecule has 8 heteroatoms. The van der Waals surface area contributed by atoms with Crippen LogP contribution in [-0.2, 0) is 17.8 Å². The van der Waals surface area contributed by atoms with Crippen LogP contribution in [0.25, 0.3) is 0 Å². The van der Waals surface area contributed by atoms with E-state index in [-0.39, 0.29) is 5.97 Å². The molecule has 0 fully saturated rings. The highest BCUT2D eigenvalue weighted by Gasteiger charge is 2.17. The highest BCUT2D eigenvalue weighted by Crippen LogP contribution is 2.28. The monoisotopic (exact) mass is 366 g/mol. The minimum atomic E-state index is -0.374. The molecule has 130 valence electrons. The Bertz CT molecular complexity index is 764. The zero-order valence-corrected chi connectivity index (χ0v) is 16.2. The van der Waals surface area contributed by atoms with Crippen molar-refractivity contribution in [1.29, 1.82) is 0 Å². The van der Waals surface area contributed by atoms with Crippen molar-refractivity contribution in [3.05, 3.63) is 33.5 Å². The van der Waals surface area contributed by atoms with Crippen LogP contribution in [0.3, 0.4) is 0 Å². The van der Waals surface area contributed by atoms with Crippen molar-refractivity contribution in [2.24, 2.45) is 0 Å². The molecule has 0 spiro atoms. The molecule has 0 aliphatic heterocycles. The van der Waals surface area contributed by atoms with Gasteiger partial charge in [0.05, 0.1) is 18.4 Å². The van der Waals surface area contributed by atoms with Gasteiger partial charge in [-0.1, -0.05) is 0 Å². The van der Waals surface area contributed by atoms with Gasteiger partial charge < -0.3 is 15.4 Å². The first-order valence-electron chi connectivity index (χ1n) is 7.63. The fraction of sp³-hybridized carbons (Fsp3) is 0.438. The number of rotatable bonds is 5. The second kappa shape index (κ2) is 7.76. The molecule has 0 bridgehead atoms. The van der Waals surface area contributed by atoms with Crippen LogP contribution in [0.2, 0.25) is 0 Å². The van der Waals surface area contributed by atoms with Gasteiger partial charge in [0.25, 0.3) is 0 Å². The Balaban J connectivity index is 2.05. The SMILES string of the molecule is CCn1nc(C)c(CNC(=S)Nc2sc(C)cc2C(=O)OC)c1C. The molecule has 0 saturated heterocycles. The lowest BCUT2D eigenvalue weighted by molar-refractivity contribution is 0.0602. The molecule has 2 N–H and O–H groups in total. The van der Waals surface area contributed by atoms with E-state index in [0.717, 1.165) is 28.4 Å². The zero-order valence-electron chi connectivity index (χ0n) is 14.5. The van der Waals surface area contributed by atoms with Crippen molar-refractivity contribution in [3.63, 3.8) is 0 Å². The van der Waals surface area contributed by atoms with Crippen molar-refractivity contribution >= 4 is 39.6 Å². The minimum Gasteiger partial charge on any atom is -0.465 e. The highest BCUT2D eigenvalue weighted by molar-refractivity contribution is 7.80. The summed E-state index contributed by atoms with van der Waals surface area (Å²) in [5.74, 6) is -0.374. The molecule has 0 aliphatic carbocycles. The molecule has 0 aromatic carbocycles. The number of esters is 1. The molecular formula is C16H22N4O2S2. The lowest BCUT2D eigenvalue weighted by atomic mass is 10.2. The number of thiophene rings is 1. The summed E-state index contributed by atoms with van der Waals surface area (Å²) in [6, 6.07) is 1.79. The van der Waals surface area contributed by atoms with Crippen molar-refractivity contribution in [3.8, 4) is 0 Å². The normalized spacial score (nSPS) is 10.5. The Morgan fingerprint density at radius 3 is 2.71 bits per heavy atom. The van der Waals surface area contributed by atoms with Gasteiger partial charge in [-0.3, -0.25) is 4.68 Å². The van der Waals surface area contributed by atoms with E-state index in [1.807, 2.05) is 18.5 Å². The number of hydrogen-bond donors (Lipinski definition) is 2. The quantitative estimate of drug-likeness (QED) is 0.626. The summed E-state index contributed by atoms with van der Waals surface area (Å²) in [6.07, 6.45) is 0. The summed E-state index contributed by atoms with van der Waals surface area (Å²) in [7, 11) is 1.37. The fourth-order valence-corrected chi connectivity index (χ4v) is 3.63. The van der Waals surface area contributed by atoms with Gasteiger partial charge in [-0.25, -0.2) is 4.79 Å². The molecule has 2 aromatic rings. The lowest BCUT2D eigenvalue weighted by Gasteiger charge is -2.11. The molecular weight excluding hydrogens is 344 g/mol. The number of nitrogens with zero attached hydrogens (tertiary/aromatic N) is 2. The van der Waals surface area contributed by atoms with Gasteiger partial charge in [0.2, 0.25) is 0 Å². The number of carbonyl (C=O) groups is 1. The number of aryl methyl sites for hydroxylation is 3. The van der Waals surface area contributed by atoms with E-state index in [0.29, 0.717) is 22.2 Å². The van der Waals surface area contributed by atoms with Crippen LogP contribution >= 0.6 is 23.6 Å². The largest absolute Gasteiger partial charge is 0.465 e. The van der Waals surface area contributed by atoms with Crippen LogP contribution in [0, 0.1) is 20.8 Å². The first-order valence-corrected chi connectivity index (χ1v) is 8.86. The topological polar surface area (TPSA) is 68.2 Å². The Labute approximate surface area is 151 Å². The highest BCUT2D eigenvalue weighted by atomic mass is 32.1. The average molecular weight is 367 g/mol. The van der Waals surface area contributed by atoms with Crippen LogP contribution in [-0.4, -0.2) is 28.0 Å². The second-order valence-electron chi connectivity index (χ2n) is 5.36. The lowest BCUT2D eigenvalue weighted by Crippen LogP contribution is -2.28. The summed E-state index contributed by atoms with van der Waals surface area (Å²) >= 11 is 6.82. The van der Waals surface area contributed by atoms with Crippen molar-refractivity contribution < 1.29 is 9.53 Å². The van der Waals surface area contributed by atoms with Gasteiger partial charge in [-0.05, 0) is 46.0 Å². The molecule has 0 amide bonds. The smallest absolute Gasteiger partial charge is 0.340 e. The van der Waals surface area contributed by atoms with Crippen LogP contribution in [0.15, 0.2) is 6.07 Å². The van der Waals surface area contributed by atoms with E-state index in [4.69, 9.17) is 17.0 Å². The van der Waals surface area contributed by atoms with Gasteiger partial charge in [0.15, 0.2) is 5.11 Å². The molecule has 2 aromatic heterocycles. The summed E-state index contributed by atoms with van der Waals surface area (Å²) in [5, 5.41) is 11.9. The third-order valence-electron chi connectivity index (χ3n) is 3.74. The number of anilines is 1. The molecule has 24 heavy (non-hydrogen) atoms. The molecule has 0 atom stereocenters. The molecule has 2 rings (SSSR count). The summed E-state index contributed by atoms with van der Waals surface area (Å²) in [6.45, 7) is 9.47. The van der Waals surface area contributed by atoms with E-state index in [1.165, 1.54) is 18.4 Å². The van der Waals surface area contributed by atoms with Gasteiger partial charge in [-0.2, -0.15) is 5.10 Å². The first kappa shape index (κ1) is 18.4. The van der Waals surface area contributed by atoms with Crippen LogP contribution in [0.5, 0.6) is 0 Å². The summed E-state index contributed by atoms with van der Waals surface area (Å²) < 4.78 is 6.77. The van der Waals surface area contributed by atoms with Crippen molar-refractivity contribution in [1.82, 2.24) is 15.1 Å². The van der Waals surface area contributed by atoms with E-state index in [1.54, 1.807) is 6.07 Å². The number of aromatic nitrogens is 2. The minimum absolute atomic E-state index is 0.374. The zero-order chi connectivity index (χ0) is 17.9. The molecule has 0 radical (unpaired) electrons. The standard InChI is InChI=1S/C16H22N4O2S2/c1-6-20-11(4)13(10(3)19-20)8-17-16(23)18-14-12(15(21)22-5)7-9(2)24-14/h7H,6,8H2,1-5H3,(H2,17,18,23). The third-order valence-corrected chi connectivity index (χ3v) is 4.96. The third kappa shape index (κ3) is 3.93. The van der Waals surface area contributed by atoms with Crippen molar-refractivity contribution in [2.45, 2.75) is 40.8 Å². The molecule has 6 nitrogen and oxygen atoms in total. The van der Waals surface area contributed by atoms with Crippen molar-refractivity contribution in [2.75, 3.05) is 12.4 Å². The van der Waals surface area contributed by atoms with E-state index < -0.39 is 0 Å². The molecule has 0 aliphatic rings. The Morgan fingerprint density at radius 2 is 2.12 bits per heavy atom. The molecule has 2 heterocycles. The maximum Gasteiger partial charge on any atom is 0.340 e. The van der Waals surface area contributed by atoms with Gasteiger partial charge >= 0.3 is 5.97 Å². The Kier molecular flexibility index (Phi) is 5.95. The average Bonchev–Trinajstić information content (AvgIpc) is 3.04. The maximum atomic E-state index is 11.8. The summed E-state index contributed by atoms with van der Waals surface area (Å²) in [4.78, 5) is 12.8. The van der Waals surface area contributed by atoms with Crippen LogP contribution < -0.4 is 10.6 Å². The van der Waals surface area contributed by atoms with Crippen LogP contribution in [0.4, 0.5) is 5.00 Å².